The minimum atomic E-state index is -4.54. The Hall–Kier alpha value is 0.0900. The zero-order chi connectivity index (χ0) is 21.4. The molecule has 0 aromatic carbocycles. The van der Waals surface area contributed by atoms with Gasteiger partial charge < -0.3 is 34.6 Å². The molecule has 1 aliphatic rings. The molecule has 0 spiro atoms. The van der Waals surface area contributed by atoms with Crippen LogP contribution in [-0.4, -0.2) is 51.3 Å². The van der Waals surface area contributed by atoms with Gasteiger partial charge in [0.15, 0.2) is 6.23 Å². The van der Waals surface area contributed by atoms with Crippen LogP contribution in [0.1, 0.15) is 51.7 Å². The van der Waals surface area contributed by atoms with Gasteiger partial charge in [-0.15, -0.1) is 0 Å². The van der Waals surface area contributed by atoms with E-state index in [-0.39, 0.29) is 46.8 Å². The van der Waals surface area contributed by atoms with E-state index >= 15 is 0 Å². The summed E-state index contributed by atoms with van der Waals surface area (Å²) in [5.41, 5.74) is 5.55. The first-order valence-corrected chi connectivity index (χ1v) is 11.6. The van der Waals surface area contributed by atoms with Crippen LogP contribution in [0.4, 0.5) is 5.82 Å². The van der Waals surface area contributed by atoms with Crippen LogP contribution < -0.4 is 40.2 Å². The molecule has 30 heavy (non-hydrogen) atoms. The number of aliphatic hydroxyl groups excluding tert-OH is 2. The molecule has 166 valence electrons. The zero-order valence-corrected chi connectivity index (χ0v) is 21.1. The fraction of sp³-hybridized carbons (Fsp3) is 0.765. The van der Waals surface area contributed by atoms with Gasteiger partial charge in [-0.1, -0.05) is 39.0 Å². The van der Waals surface area contributed by atoms with Crippen LogP contribution in [0.15, 0.2) is 12.3 Å². The molecule has 0 saturated carbocycles. The number of nitrogen functional groups attached to an aromatic ring is 1. The minimum absolute atomic E-state index is 0. The van der Waals surface area contributed by atoms with E-state index in [2.05, 4.69) is 11.9 Å². The van der Waals surface area contributed by atoms with Gasteiger partial charge in [0.2, 0.25) is 4.77 Å². The third-order valence-electron chi connectivity index (χ3n) is 4.61. The fourth-order valence-corrected chi connectivity index (χ4v) is 4.00. The van der Waals surface area contributed by atoms with Crippen molar-refractivity contribution in [3.63, 3.8) is 0 Å². The van der Waals surface area contributed by atoms with Crippen LogP contribution in [0, 0.1) is 4.77 Å². The van der Waals surface area contributed by atoms with Crippen molar-refractivity contribution in [1.29, 1.82) is 0 Å². The van der Waals surface area contributed by atoms with Gasteiger partial charge in [-0.25, -0.2) is 4.98 Å². The molecular weight excluding hydrogens is 444 g/mol. The maximum atomic E-state index is 11.9. The number of phosphoric ester groups is 1. The molecule has 1 aliphatic heterocycles. The summed E-state index contributed by atoms with van der Waals surface area (Å²) in [7, 11) is -4.54. The van der Waals surface area contributed by atoms with Gasteiger partial charge in [-0.05, 0) is 24.7 Å². The summed E-state index contributed by atoms with van der Waals surface area (Å²) in [4.78, 5) is 15.8. The van der Waals surface area contributed by atoms with Crippen LogP contribution in [0.5, 0.6) is 0 Å². The Morgan fingerprint density at radius 3 is 2.60 bits per heavy atom. The average Bonchev–Trinajstić information content (AvgIpc) is 2.94. The number of aliphatic hydroxyl groups is 2. The molecule has 5 atom stereocenters. The van der Waals surface area contributed by atoms with E-state index < -0.39 is 39.0 Å². The van der Waals surface area contributed by atoms with E-state index in [4.69, 9.17) is 31.7 Å². The summed E-state index contributed by atoms with van der Waals surface area (Å²) >= 11 is 5.08. The van der Waals surface area contributed by atoms with Gasteiger partial charge in [0.1, 0.15) is 24.1 Å². The van der Waals surface area contributed by atoms with Crippen molar-refractivity contribution in [3.05, 3.63) is 17.0 Å². The Morgan fingerprint density at radius 2 is 1.93 bits per heavy atom. The smallest absolute Gasteiger partial charge is 0.756 e. The van der Waals surface area contributed by atoms with Gasteiger partial charge in [0.05, 0.1) is 13.2 Å². The number of hydrogen-bond acceptors (Lipinski definition) is 10. The topological polar surface area (TPSA) is 152 Å². The number of nitrogens with two attached hydrogens (primary N) is 1. The van der Waals surface area contributed by atoms with Crippen LogP contribution in [0.3, 0.4) is 0 Å². The molecular formula is C17H29N3NaO7PS. The molecule has 1 unspecified atom stereocenters. The van der Waals surface area contributed by atoms with Gasteiger partial charge in [0.25, 0.3) is 7.82 Å². The van der Waals surface area contributed by atoms with Crippen LogP contribution in [0.25, 0.3) is 0 Å². The minimum Gasteiger partial charge on any atom is -0.756 e. The molecule has 10 nitrogen and oxygen atoms in total. The Bertz CT molecular complexity index is 756. The monoisotopic (exact) mass is 473 g/mol. The molecule has 0 radical (unpaired) electrons. The normalized spacial score (nSPS) is 25.6. The predicted molar refractivity (Wildman–Crippen MR) is 106 cm³/mol. The molecule has 0 aliphatic carbocycles. The Balaban J connectivity index is 0.00000450. The van der Waals surface area contributed by atoms with Crippen molar-refractivity contribution < 1.29 is 63.0 Å². The second kappa shape index (κ2) is 13.6. The summed E-state index contributed by atoms with van der Waals surface area (Å²) in [6.07, 6.45) is 2.57. The number of unbranched alkanes of at least 4 members (excludes halogenated alkanes) is 5. The predicted octanol–water partition coefficient (Wildman–Crippen LogP) is -1.32. The summed E-state index contributed by atoms with van der Waals surface area (Å²) in [5, 5.41) is 20.4. The fourth-order valence-electron chi connectivity index (χ4n) is 2.98. The number of ether oxygens (including phenoxy) is 1. The SMILES string of the molecule is CCCCCCCCOP(=O)([O-])OC[C@H]1O[C@@H](n2ccc(N)nc2=S)[C@@H](O)[C@@H]1O.[Na+]. The van der Waals surface area contributed by atoms with E-state index in [0.29, 0.717) is 6.42 Å². The number of nitrogens with zero attached hydrogens (tertiary/aromatic N) is 2. The van der Waals surface area contributed by atoms with Crippen LogP contribution >= 0.6 is 20.0 Å². The van der Waals surface area contributed by atoms with E-state index in [1.165, 1.54) is 16.8 Å². The Morgan fingerprint density at radius 1 is 1.27 bits per heavy atom. The van der Waals surface area contributed by atoms with Crippen molar-refractivity contribution in [1.82, 2.24) is 9.55 Å². The molecule has 1 saturated heterocycles. The van der Waals surface area contributed by atoms with Gasteiger partial charge in [-0.3, -0.25) is 9.13 Å². The third-order valence-corrected chi connectivity index (χ3v) is 5.87. The van der Waals surface area contributed by atoms with Crippen LogP contribution in [-0.2, 0) is 18.3 Å². The number of anilines is 1. The van der Waals surface area contributed by atoms with E-state index in [0.717, 1.165) is 32.1 Å². The van der Waals surface area contributed by atoms with Crippen LogP contribution in [0.2, 0.25) is 0 Å². The first-order chi connectivity index (χ1) is 13.7. The van der Waals surface area contributed by atoms with E-state index in [9.17, 15) is 19.7 Å². The maximum absolute atomic E-state index is 11.9. The second-order valence-electron chi connectivity index (χ2n) is 6.93. The molecule has 0 bridgehead atoms. The van der Waals surface area contributed by atoms with Gasteiger partial charge >= 0.3 is 29.6 Å². The largest absolute Gasteiger partial charge is 1.00 e. The second-order valence-corrected chi connectivity index (χ2v) is 8.71. The van der Waals surface area contributed by atoms with Crippen molar-refractivity contribution in [2.24, 2.45) is 0 Å². The molecule has 13 heteroatoms. The molecule has 1 aromatic heterocycles. The van der Waals surface area contributed by atoms with E-state index in [1.807, 2.05) is 0 Å². The maximum Gasteiger partial charge on any atom is 1.00 e. The molecule has 1 fully saturated rings. The molecule has 2 heterocycles. The quantitative estimate of drug-likeness (QED) is 0.144. The number of phosphoric acid groups is 1. The summed E-state index contributed by atoms with van der Waals surface area (Å²) in [6, 6.07) is 1.46. The number of rotatable bonds is 12. The Labute approximate surface area is 203 Å². The molecule has 4 N–H and O–H groups in total. The number of aromatic nitrogens is 2. The van der Waals surface area contributed by atoms with Crippen molar-refractivity contribution in [3.8, 4) is 0 Å². The van der Waals surface area contributed by atoms with Crippen molar-refractivity contribution >= 4 is 25.9 Å². The summed E-state index contributed by atoms with van der Waals surface area (Å²) < 4.78 is 28.5. The standard InChI is InChI=1S/C17H30N3O7PS.Na/c1-2-3-4-5-6-7-10-25-28(23,24)26-11-12-14(21)15(22)16(27-12)20-9-8-13(18)19-17(20)29;/h8-9,12,14-16,21-22H,2-7,10-11H2,1H3,(H,23,24)(H2,18,19,29);/q;+1/p-1/t12-,14-,15+,16-;/m1./s1. The van der Waals surface area contributed by atoms with Gasteiger partial charge in [0, 0.05) is 6.20 Å². The average molecular weight is 473 g/mol. The van der Waals surface area contributed by atoms with E-state index in [1.54, 1.807) is 0 Å². The summed E-state index contributed by atoms with van der Waals surface area (Å²) in [6.45, 7) is 1.67. The van der Waals surface area contributed by atoms with Gasteiger partial charge in [-0.2, -0.15) is 0 Å². The molecule has 2 rings (SSSR count). The Kier molecular flexibility index (Phi) is 12.7. The zero-order valence-electron chi connectivity index (χ0n) is 17.4. The molecule has 0 amide bonds. The molecule has 1 aromatic rings. The number of hydrogen-bond donors (Lipinski definition) is 3. The van der Waals surface area contributed by atoms with Crippen molar-refractivity contribution in [2.75, 3.05) is 18.9 Å². The first-order valence-electron chi connectivity index (χ1n) is 9.71. The first kappa shape index (κ1) is 28.1. The van der Waals surface area contributed by atoms with Crippen molar-refractivity contribution in [2.45, 2.75) is 70.0 Å². The summed E-state index contributed by atoms with van der Waals surface area (Å²) in [5.74, 6) is 0.203. The third kappa shape index (κ3) is 8.55.